The molecule has 0 atom stereocenters. The predicted molar refractivity (Wildman–Crippen MR) is 87.1 cm³/mol. The van der Waals surface area contributed by atoms with E-state index >= 15 is 0 Å². The van der Waals surface area contributed by atoms with Crippen molar-refractivity contribution in [2.45, 2.75) is 12.8 Å². The Morgan fingerprint density at radius 2 is 1.33 bits per heavy atom. The lowest BCUT2D eigenvalue weighted by Gasteiger charge is -2.29. The van der Waals surface area contributed by atoms with E-state index in [0.29, 0.717) is 0 Å². The molecule has 2 aromatic rings. The molecule has 0 unspecified atom stereocenters. The third-order valence-electron chi connectivity index (χ3n) is 4.58. The first-order valence-electron chi connectivity index (χ1n) is 8.19. The molecule has 1 saturated heterocycles. The van der Waals surface area contributed by atoms with E-state index in [9.17, 15) is 0 Å². The van der Waals surface area contributed by atoms with Gasteiger partial charge in [0.15, 0.2) is 0 Å². The Kier molecular flexibility index (Phi) is 5.03. The lowest BCUT2D eigenvalue weighted by Crippen LogP contribution is -3.26. The Morgan fingerprint density at radius 3 is 2.00 bits per heavy atom. The molecule has 1 fully saturated rings. The molecule has 2 heteroatoms. The summed E-state index contributed by atoms with van der Waals surface area (Å²) in [6.45, 7) is 6.46. The molecule has 2 nitrogen and oxygen atoms in total. The largest absolute Gasteiger partial charge is 0.326 e. The highest BCUT2D eigenvalue weighted by Gasteiger charge is 2.23. The highest BCUT2D eigenvalue weighted by molar-refractivity contribution is 5.27. The van der Waals surface area contributed by atoms with Crippen molar-refractivity contribution in [3.05, 3.63) is 66.2 Å². The zero-order valence-electron chi connectivity index (χ0n) is 12.7. The van der Waals surface area contributed by atoms with E-state index in [2.05, 4.69) is 60.7 Å². The van der Waals surface area contributed by atoms with Crippen LogP contribution in [0, 0.1) is 0 Å². The standard InChI is InChI=1S/C19H24N2/c1-3-8-18(9-4-1)10-7-13-20-14-16-21(17-15-20)19-11-5-2-6-12-19/h1-6,8-9,11-12H,7,10,13-17H2/p+2. The van der Waals surface area contributed by atoms with E-state index in [-0.39, 0.29) is 0 Å². The van der Waals surface area contributed by atoms with Gasteiger partial charge in [-0.25, -0.2) is 0 Å². The maximum absolute atomic E-state index is 2.26. The van der Waals surface area contributed by atoms with Gasteiger partial charge in [-0.05, 0) is 24.1 Å². The van der Waals surface area contributed by atoms with E-state index < -0.39 is 0 Å². The van der Waals surface area contributed by atoms with Gasteiger partial charge in [0.05, 0.1) is 6.54 Å². The molecule has 1 heterocycles. The Bertz CT molecular complexity index is 513. The van der Waals surface area contributed by atoms with Gasteiger partial charge in [0.2, 0.25) is 0 Å². The number of benzene rings is 2. The van der Waals surface area contributed by atoms with E-state index in [1.807, 2.05) is 0 Å². The highest BCUT2D eigenvalue weighted by atomic mass is 15.3. The SMILES string of the molecule is c1ccc(CCC[NH+]2CC[NH+](c3ccccc3)CC2)cc1. The van der Waals surface area contributed by atoms with Crippen LogP contribution in [0.5, 0.6) is 0 Å². The molecule has 0 bridgehead atoms. The summed E-state index contributed by atoms with van der Waals surface area (Å²) in [5.74, 6) is 0. The molecule has 21 heavy (non-hydrogen) atoms. The van der Waals surface area contributed by atoms with E-state index in [4.69, 9.17) is 0 Å². The number of rotatable bonds is 5. The normalized spacial score (nSPS) is 22.1. The summed E-state index contributed by atoms with van der Waals surface area (Å²) in [7, 11) is 0. The number of hydrogen-bond acceptors (Lipinski definition) is 0. The maximum Gasteiger partial charge on any atom is 0.132 e. The van der Waals surface area contributed by atoms with Crippen LogP contribution in [-0.4, -0.2) is 32.7 Å². The van der Waals surface area contributed by atoms with Gasteiger partial charge in [0.1, 0.15) is 31.9 Å². The fraction of sp³-hybridized carbons (Fsp3) is 0.368. The minimum absolute atomic E-state index is 1.22. The molecule has 0 saturated carbocycles. The van der Waals surface area contributed by atoms with Crippen LogP contribution in [0.2, 0.25) is 0 Å². The number of aryl methyl sites for hydroxylation is 1. The van der Waals surface area contributed by atoms with Gasteiger partial charge in [-0.2, -0.15) is 0 Å². The highest BCUT2D eigenvalue weighted by Crippen LogP contribution is 2.01. The summed E-state index contributed by atoms with van der Waals surface area (Å²) in [5.41, 5.74) is 2.94. The van der Waals surface area contributed by atoms with E-state index in [0.717, 1.165) is 0 Å². The van der Waals surface area contributed by atoms with Gasteiger partial charge < -0.3 is 4.90 Å². The quantitative estimate of drug-likeness (QED) is 0.800. The van der Waals surface area contributed by atoms with Crippen LogP contribution in [0.3, 0.4) is 0 Å². The number of quaternary nitrogens is 2. The number of para-hydroxylation sites is 1. The van der Waals surface area contributed by atoms with Crippen LogP contribution in [0.15, 0.2) is 60.7 Å². The third-order valence-corrected chi connectivity index (χ3v) is 4.58. The minimum Gasteiger partial charge on any atom is -0.326 e. The monoisotopic (exact) mass is 282 g/mol. The fourth-order valence-corrected chi connectivity index (χ4v) is 3.31. The van der Waals surface area contributed by atoms with Gasteiger partial charge in [-0.3, -0.25) is 4.90 Å². The maximum atomic E-state index is 2.26. The summed E-state index contributed by atoms with van der Waals surface area (Å²) in [6.07, 6.45) is 2.53. The van der Waals surface area contributed by atoms with Crippen molar-refractivity contribution in [2.24, 2.45) is 0 Å². The van der Waals surface area contributed by atoms with Crippen LogP contribution in [0.4, 0.5) is 5.69 Å². The van der Waals surface area contributed by atoms with Gasteiger partial charge in [-0.15, -0.1) is 0 Å². The van der Waals surface area contributed by atoms with Crippen LogP contribution in [0.25, 0.3) is 0 Å². The number of hydrogen-bond donors (Lipinski definition) is 2. The summed E-state index contributed by atoms with van der Waals surface area (Å²) in [6, 6.07) is 21.8. The Labute approximate surface area is 128 Å². The average molecular weight is 282 g/mol. The average Bonchev–Trinajstić information content (AvgIpc) is 2.57. The smallest absolute Gasteiger partial charge is 0.132 e. The van der Waals surface area contributed by atoms with Gasteiger partial charge in [0.25, 0.3) is 0 Å². The molecule has 3 rings (SSSR count). The van der Waals surface area contributed by atoms with Crippen molar-refractivity contribution in [1.29, 1.82) is 0 Å². The lowest BCUT2D eigenvalue weighted by molar-refractivity contribution is -0.986. The first-order chi connectivity index (χ1) is 10.4. The van der Waals surface area contributed by atoms with Gasteiger partial charge in [0, 0.05) is 6.42 Å². The Morgan fingerprint density at radius 1 is 0.714 bits per heavy atom. The third kappa shape index (κ3) is 4.16. The second-order valence-electron chi connectivity index (χ2n) is 6.06. The zero-order chi connectivity index (χ0) is 14.3. The number of piperazine rings is 1. The zero-order valence-corrected chi connectivity index (χ0v) is 12.7. The molecule has 0 radical (unpaired) electrons. The van der Waals surface area contributed by atoms with Gasteiger partial charge >= 0.3 is 0 Å². The van der Waals surface area contributed by atoms with Crippen molar-refractivity contribution < 1.29 is 9.80 Å². The van der Waals surface area contributed by atoms with E-state index in [1.54, 1.807) is 9.80 Å². The molecule has 110 valence electrons. The van der Waals surface area contributed by atoms with Crippen LogP contribution in [-0.2, 0) is 6.42 Å². The Balaban J connectivity index is 1.40. The molecule has 0 aromatic heterocycles. The first-order valence-corrected chi connectivity index (χ1v) is 8.19. The summed E-state index contributed by atoms with van der Waals surface area (Å²) in [4.78, 5) is 3.44. The second-order valence-corrected chi connectivity index (χ2v) is 6.06. The molecule has 0 spiro atoms. The summed E-state index contributed by atoms with van der Waals surface area (Å²) in [5, 5.41) is 0. The van der Waals surface area contributed by atoms with Crippen LogP contribution >= 0.6 is 0 Å². The van der Waals surface area contributed by atoms with Crippen molar-refractivity contribution in [3.63, 3.8) is 0 Å². The van der Waals surface area contributed by atoms with Crippen LogP contribution < -0.4 is 9.80 Å². The van der Waals surface area contributed by atoms with Crippen molar-refractivity contribution in [3.8, 4) is 0 Å². The molecular weight excluding hydrogens is 256 g/mol. The summed E-state index contributed by atoms with van der Waals surface area (Å²) < 4.78 is 0. The van der Waals surface area contributed by atoms with Crippen molar-refractivity contribution >= 4 is 5.69 Å². The molecule has 0 aliphatic carbocycles. The second kappa shape index (κ2) is 7.39. The lowest BCUT2D eigenvalue weighted by atomic mass is 10.1. The first kappa shape index (κ1) is 14.3. The predicted octanol–water partition coefficient (Wildman–Crippen LogP) is 0.734. The Hall–Kier alpha value is -1.64. The summed E-state index contributed by atoms with van der Waals surface area (Å²) >= 11 is 0. The van der Waals surface area contributed by atoms with E-state index in [1.165, 1.54) is 56.8 Å². The molecule has 0 amide bonds. The molecule has 2 N–H and O–H groups in total. The van der Waals surface area contributed by atoms with Crippen molar-refractivity contribution in [2.75, 3.05) is 32.7 Å². The number of nitrogens with one attached hydrogen (secondary N) is 2. The molecule has 1 aliphatic rings. The minimum atomic E-state index is 1.22. The van der Waals surface area contributed by atoms with Crippen LogP contribution in [0.1, 0.15) is 12.0 Å². The topological polar surface area (TPSA) is 8.88 Å². The van der Waals surface area contributed by atoms with Gasteiger partial charge in [-0.1, -0.05) is 48.5 Å². The van der Waals surface area contributed by atoms with Crippen molar-refractivity contribution in [1.82, 2.24) is 0 Å². The molecular formula is C19H26N2+2. The fourth-order valence-electron chi connectivity index (χ4n) is 3.31. The molecule has 2 aromatic carbocycles. The molecule has 1 aliphatic heterocycles.